The van der Waals surface area contributed by atoms with Crippen LogP contribution in [0.4, 0.5) is 10.2 Å². The fourth-order valence-corrected chi connectivity index (χ4v) is 5.59. The van der Waals surface area contributed by atoms with E-state index < -0.39 is 29.6 Å². The standard InChI is InChI=1S/C26H20ClFN8O3S/c1-35-9-8-14(33-35)11-29-26(39)24-31-23(32-25(38)21-15-4-2-3-5-18(15)40-34-21)22-20(30-19(37)12-36(22)24)16-10-13(28)6-7-17(16)27/h2-10,20H,11-12H2,1H3,(H,29,39)(H,30,37)(H,32,38). The van der Waals surface area contributed by atoms with Gasteiger partial charge in [0.15, 0.2) is 5.82 Å². The maximum Gasteiger partial charge on any atom is 0.287 e. The van der Waals surface area contributed by atoms with Gasteiger partial charge in [0.25, 0.3) is 11.8 Å². The molecule has 11 nitrogen and oxygen atoms in total. The van der Waals surface area contributed by atoms with E-state index in [1.165, 1.54) is 34.3 Å². The summed E-state index contributed by atoms with van der Waals surface area (Å²) in [5, 5.41) is 13.4. The van der Waals surface area contributed by atoms with Gasteiger partial charge in [-0.3, -0.25) is 19.1 Å². The lowest BCUT2D eigenvalue weighted by molar-refractivity contribution is -0.123. The number of amides is 3. The van der Waals surface area contributed by atoms with Crippen LogP contribution in [0, 0.1) is 5.82 Å². The molecule has 1 atom stereocenters. The molecule has 1 aliphatic heterocycles. The average molecular weight is 579 g/mol. The van der Waals surface area contributed by atoms with Crippen LogP contribution in [-0.4, -0.2) is 41.4 Å². The number of imidazole rings is 1. The second kappa shape index (κ2) is 10.2. The highest BCUT2D eigenvalue weighted by Gasteiger charge is 2.36. The molecule has 202 valence electrons. The van der Waals surface area contributed by atoms with E-state index in [9.17, 15) is 18.8 Å². The maximum absolute atomic E-state index is 14.3. The second-order valence-electron chi connectivity index (χ2n) is 9.07. The van der Waals surface area contributed by atoms with E-state index in [2.05, 4.69) is 30.4 Å². The monoisotopic (exact) mass is 578 g/mol. The minimum Gasteiger partial charge on any atom is -0.344 e. The molecule has 5 aromatic rings. The van der Waals surface area contributed by atoms with Gasteiger partial charge < -0.3 is 20.5 Å². The summed E-state index contributed by atoms with van der Waals surface area (Å²) in [7, 11) is 1.76. The number of fused-ring (bicyclic) bond motifs is 2. The van der Waals surface area contributed by atoms with Crippen molar-refractivity contribution >= 4 is 56.8 Å². The molecule has 3 N–H and O–H groups in total. The van der Waals surface area contributed by atoms with Gasteiger partial charge >= 0.3 is 0 Å². The molecule has 0 radical (unpaired) electrons. The maximum atomic E-state index is 14.3. The van der Waals surface area contributed by atoms with E-state index in [0.29, 0.717) is 11.1 Å². The van der Waals surface area contributed by atoms with Crippen molar-refractivity contribution in [3.63, 3.8) is 0 Å². The normalized spacial score (nSPS) is 14.6. The second-order valence-corrected chi connectivity index (χ2v) is 10.3. The average Bonchev–Trinajstić information content (AvgIpc) is 3.65. The number of rotatable bonds is 6. The summed E-state index contributed by atoms with van der Waals surface area (Å²) < 4.78 is 22.4. The van der Waals surface area contributed by atoms with Gasteiger partial charge in [-0.15, -0.1) is 0 Å². The summed E-state index contributed by atoms with van der Waals surface area (Å²) >= 11 is 7.58. The molecule has 4 heterocycles. The highest BCUT2D eigenvalue weighted by molar-refractivity contribution is 7.13. The number of aryl methyl sites for hydroxylation is 1. The molecule has 40 heavy (non-hydrogen) atoms. The topological polar surface area (TPSA) is 136 Å². The van der Waals surface area contributed by atoms with Crippen molar-refractivity contribution in [1.29, 1.82) is 0 Å². The predicted molar refractivity (Wildman–Crippen MR) is 146 cm³/mol. The van der Waals surface area contributed by atoms with Gasteiger partial charge in [0, 0.05) is 29.2 Å². The molecular weight excluding hydrogens is 559 g/mol. The van der Waals surface area contributed by atoms with E-state index in [-0.39, 0.29) is 46.7 Å². The number of anilines is 1. The largest absolute Gasteiger partial charge is 0.344 e. The zero-order valence-electron chi connectivity index (χ0n) is 20.8. The number of hydrogen-bond acceptors (Lipinski definition) is 7. The van der Waals surface area contributed by atoms with Gasteiger partial charge in [-0.2, -0.15) is 9.47 Å². The number of benzene rings is 2. The quantitative estimate of drug-likeness (QED) is 0.282. The number of nitrogens with zero attached hydrogens (tertiary/aromatic N) is 5. The van der Waals surface area contributed by atoms with Crippen molar-refractivity contribution in [3.8, 4) is 0 Å². The Hall–Kier alpha value is -4.62. The summed E-state index contributed by atoms with van der Waals surface area (Å²) in [5.41, 5.74) is 1.31. The first-order valence-corrected chi connectivity index (χ1v) is 13.2. The number of halogens is 2. The molecule has 0 spiro atoms. The molecular formula is C26H20ClFN8O3S. The van der Waals surface area contributed by atoms with Crippen molar-refractivity contribution in [3.05, 3.63) is 94.0 Å². The third-order valence-electron chi connectivity index (χ3n) is 6.38. The molecule has 3 aromatic heterocycles. The summed E-state index contributed by atoms with van der Waals surface area (Å²) in [5.74, 6) is -2.27. The van der Waals surface area contributed by atoms with Crippen LogP contribution < -0.4 is 16.0 Å². The Balaban J connectivity index is 1.42. The lowest BCUT2D eigenvalue weighted by Crippen LogP contribution is -2.41. The van der Waals surface area contributed by atoms with Crippen molar-refractivity contribution in [1.82, 2.24) is 34.3 Å². The highest BCUT2D eigenvalue weighted by Crippen LogP contribution is 2.36. The Morgan fingerprint density at radius 3 is 2.83 bits per heavy atom. The molecule has 0 saturated carbocycles. The smallest absolute Gasteiger partial charge is 0.287 e. The zero-order chi connectivity index (χ0) is 28.0. The van der Waals surface area contributed by atoms with Gasteiger partial charge in [0.2, 0.25) is 11.7 Å². The minimum atomic E-state index is -1.00. The fourth-order valence-electron chi connectivity index (χ4n) is 4.59. The molecule has 0 bridgehead atoms. The molecule has 14 heteroatoms. The van der Waals surface area contributed by atoms with E-state index >= 15 is 0 Å². The Labute approximate surface area is 235 Å². The van der Waals surface area contributed by atoms with Crippen LogP contribution in [0.25, 0.3) is 10.1 Å². The van der Waals surface area contributed by atoms with E-state index in [1.807, 2.05) is 12.1 Å². The van der Waals surface area contributed by atoms with E-state index in [4.69, 9.17) is 11.6 Å². The third-order valence-corrected chi connectivity index (χ3v) is 7.55. The molecule has 1 aliphatic rings. The van der Waals surface area contributed by atoms with Gasteiger partial charge in [-0.1, -0.05) is 29.8 Å². The first-order chi connectivity index (χ1) is 19.3. The summed E-state index contributed by atoms with van der Waals surface area (Å²) in [6.07, 6.45) is 1.74. The van der Waals surface area contributed by atoms with Gasteiger partial charge in [0.05, 0.1) is 28.7 Å². The van der Waals surface area contributed by atoms with Gasteiger partial charge in [-0.05, 0) is 41.9 Å². The van der Waals surface area contributed by atoms with E-state index in [1.54, 1.807) is 36.1 Å². The van der Waals surface area contributed by atoms with Gasteiger partial charge in [0.1, 0.15) is 18.1 Å². The lowest BCUT2D eigenvalue weighted by Gasteiger charge is -2.28. The molecule has 3 amide bonds. The van der Waals surface area contributed by atoms with E-state index in [0.717, 1.165) is 4.70 Å². The number of nitrogens with one attached hydrogen (secondary N) is 3. The van der Waals surface area contributed by atoms with Crippen LogP contribution in [-0.2, 0) is 24.9 Å². The highest BCUT2D eigenvalue weighted by atomic mass is 35.5. The van der Waals surface area contributed by atoms with Crippen LogP contribution in [0.1, 0.15) is 44.1 Å². The fraction of sp³-hybridized carbons (Fsp3) is 0.154. The minimum absolute atomic E-state index is 0.00963. The first-order valence-electron chi connectivity index (χ1n) is 12.1. The van der Waals surface area contributed by atoms with Crippen molar-refractivity contribution < 1.29 is 18.8 Å². The Morgan fingerprint density at radius 1 is 1.20 bits per heavy atom. The van der Waals surface area contributed by atoms with Crippen LogP contribution in [0.2, 0.25) is 5.02 Å². The lowest BCUT2D eigenvalue weighted by atomic mass is 10.0. The van der Waals surface area contributed by atoms with Crippen molar-refractivity contribution in [2.45, 2.75) is 19.1 Å². The predicted octanol–water partition coefficient (Wildman–Crippen LogP) is 3.42. The number of carbonyl (C=O) groups excluding carboxylic acids is 3. The van der Waals surface area contributed by atoms with Crippen LogP contribution >= 0.6 is 23.1 Å². The Morgan fingerprint density at radius 2 is 2.02 bits per heavy atom. The number of aromatic nitrogens is 5. The van der Waals surface area contributed by atoms with Crippen LogP contribution in [0.3, 0.4) is 0 Å². The first kappa shape index (κ1) is 25.6. The van der Waals surface area contributed by atoms with Crippen LogP contribution in [0.5, 0.6) is 0 Å². The number of hydrogen-bond donors (Lipinski definition) is 3. The van der Waals surface area contributed by atoms with Crippen molar-refractivity contribution in [2.24, 2.45) is 7.05 Å². The third kappa shape index (κ3) is 4.69. The SMILES string of the molecule is Cn1ccc(CNC(=O)c2nc(NC(=O)c3nsc4ccccc34)c3n2CC(=O)NC3c2cc(F)ccc2Cl)n1. The van der Waals surface area contributed by atoms with Crippen LogP contribution in [0.15, 0.2) is 54.7 Å². The molecule has 6 rings (SSSR count). The summed E-state index contributed by atoms with van der Waals surface area (Å²) in [6, 6.07) is 11.8. The molecule has 0 fully saturated rings. The molecule has 1 unspecified atom stereocenters. The Bertz CT molecular complexity index is 1810. The van der Waals surface area contributed by atoms with Crippen molar-refractivity contribution in [2.75, 3.05) is 5.32 Å². The molecule has 0 saturated heterocycles. The molecule has 0 aliphatic carbocycles. The number of carbonyl (C=O) groups is 3. The van der Waals surface area contributed by atoms with Gasteiger partial charge in [-0.25, -0.2) is 9.37 Å². The zero-order valence-corrected chi connectivity index (χ0v) is 22.4. The summed E-state index contributed by atoms with van der Waals surface area (Å²) in [6.45, 7) is -0.146. The molecule has 2 aromatic carbocycles. The Kier molecular flexibility index (Phi) is 6.52. The summed E-state index contributed by atoms with van der Waals surface area (Å²) in [4.78, 5) is 43.9.